The molecule has 0 atom stereocenters. The predicted octanol–water partition coefficient (Wildman–Crippen LogP) is 3.89. The Hall–Kier alpha value is -1.40. The highest BCUT2D eigenvalue weighted by molar-refractivity contribution is 7.99. The smallest absolute Gasteiger partial charge is 0.313 e. The third kappa shape index (κ3) is 3.83. The number of carbonyl (C=O) groups is 1. The summed E-state index contributed by atoms with van der Waals surface area (Å²) < 4.78 is 2.05. The number of thioether (sulfide) groups is 2. The van der Waals surface area contributed by atoms with Crippen LogP contribution in [-0.2, 0) is 4.79 Å². The summed E-state index contributed by atoms with van der Waals surface area (Å²) in [4.78, 5) is 16.4. The van der Waals surface area contributed by atoms with E-state index < -0.39 is 5.97 Å². The van der Waals surface area contributed by atoms with Gasteiger partial charge < -0.3 is 5.11 Å². The third-order valence-corrected chi connectivity index (χ3v) is 4.65. The minimum Gasteiger partial charge on any atom is -0.481 e. The van der Waals surface area contributed by atoms with Gasteiger partial charge in [0.15, 0.2) is 5.16 Å². The molecule has 4 nitrogen and oxygen atoms in total. The first-order valence-electron chi connectivity index (χ1n) is 6.59. The second-order valence-corrected chi connectivity index (χ2v) is 6.66. The Morgan fingerprint density at radius 2 is 2.19 bits per heavy atom. The zero-order valence-corrected chi connectivity index (χ0v) is 13.9. The van der Waals surface area contributed by atoms with E-state index in [4.69, 9.17) is 5.11 Å². The van der Waals surface area contributed by atoms with E-state index in [0.29, 0.717) is 5.92 Å². The molecule has 0 unspecified atom stereocenters. The summed E-state index contributed by atoms with van der Waals surface area (Å²) in [6.07, 6.45) is 3.87. The molecule has 0 aliphatic rings. The van der Waals surface area contributed by atoms with Crippen LogP contribution >= 0.6 is 23.5 Å². The predicted molar refractivity (Wildman–Crippen MR) is 87.8 cm³/mol. The number of nitrogens with zero attached hydrogens (tertiary/aromatic N) is 2. The number of hydrogen-bond donors (Lipinski definition) is 1. The molecule has 0 saturated carbocycles. The van der Waals surface area contributed by atoms with Gasteiger partial charge >= 0.3 is 5.97 Å². The van der Waals surface area contributed by atoms with Gasteiger partial charge in [-0.25, -0.2) is 4.98 Å². The van der Waals surface area contributed by atoms with Gasteiger partial charge in [0.2, 0.25) is 0 Å². The number of benzene rings is 1. The Kier molecular flexibility index (Phi) is 5.36. The normalized spacial score (nSPS) is 11.0. The number of aromatic nitrogens is 2. The Bertz CT molecular complexity index is 638. The Morgan fingerprint density at radius 1 is 1.43 bits per heavy atom. The Labute approximate surface area is 133 Å². The van der Waals surface area contributed by atoms with Crippen molar-refractivity contribution in [2.75, 3.05) is 12.0 Å². The molecule has 1 aromatic heterocycles. The van der Waals surface area contributed by atoms with E-state index in [2.05, 4.69) is 35.5 Å². The quantitative estimate of drug-likeness (QED) is 0.818. The lowest BCUT2D eigenvalue weighted by Gasteiger charge is -2.14. The standard InChI is InChI=1S/C15H18N2O2S2/c1-10(2)13-8-16-15(21-9-14(18)19)17(13)11-5-4-6-12(7-11)20-3/h4-8,10H,9H2,1-3H3,(H,18,19). The Morgan fingerprint density at radius 3 is 2.81 bits per heavy atom. The number of rotatable bonds is 6. The molecular weight excluding hydrogens is 304 g/mol. The summed E-state index contributed by atoms with van der Waals surface area (Å²) in [7, 11) is 0. The topological polar surface area (TPSA) is 55.1 Å². The van der Waals surface area contributed by atoms with Crippen LogP contribution in [0.1, 0.15) is 25.5 Å². The second kappa shape index (κ2) is 7.04. The molecule has 2 aromatic rings. The zero-order chi connectivity index (χ0) is 15.4. The molecule has 1 N–H and O–H groups in total. The molecule has 0 radical (unpaired) electrons. The van der Waals surface area contributed by atoms with Crippen LogP contribution in [0.4, 0.5) is 0 Å². The van der Waals surface area contributed by atoms with Crippen molar-refractivity contribution >= 4 is 29.5 Å². The summed E-state index contributed by atoms with van der Waals surface area (Å²) in [5.41, 5.74) is 2.11. The van der Waals surface area contributed by atoms with E-state index in [9.17, 15) is 4.79 Å². The summed E-state index contributed by atoms with van der Waals surface area (Å²) in [5, 5.41) is 9.59. The van der Waals surface area contributed by atoms with E-state index >= 15 is 0 Å². The van der Waals surface area contributed by atoms with Gasteiger partial charge in [-0.2, -0.15) is 0 Å². The zero-order valence-electron chi connectivity index (χ0n) is 12.2. The lowest BCUT2D eigenvalue weighted by atomic mass is 10.1. The van der Waals surface area contributed by atoms with Gasteiger partial charge in [0.1, 0.15) is 0 Å². The molecule has 1 aromatic carbocycles. The third-order valence-electron chi connectivity index (χ3n) is 2.98. The van der Waals surface area contributed by atoms with Crippen LogP contribution in [0.3, 0.4) is 0 Å². The maximum atomic E-state index is 10.8. The van der Waals surface area contributed by atoms with Crippen LogP contribution in [0.15, 0.2) is 40.5 Å². The first kappa shape index (κ1) is 16.0. The highest BCUT2D eigenvalue weighted by Gasteiger charge is 2.16. The minimum absolute atomic E-state index is 0.0107. The highest BCUT2D eigenvalue weighted by atomic mass is 32.2. The van der Waals surface area contributed by atoms with Crippen molar-refractivity contribution in [1.82, 2.24) is 9.55 Å². The van der Waals surface area contributed by atoms with Crippen LogP contribution in [0.5, 0.6) is 0 Å². The number of hydrogen-bond acceptors (Lipinski definition) is 4. The first-order chi connectivity index (χ1) is 10.0. The van der Waals surface area contributed by atoms with Crippen LogP contribution < -0.4 is 0 Å². The van der Waals surface area contributed by atoms with E-state index in [-0.39, 0.29) is 5.75 Å². The minimum atomic E-state index is -0.835. The average molecular weight is 322 g/mol. The van der Waals surface area contributed by atoms with Crippen molar-refractivity contribution in [1.29, 1.82) is 0 Å². The first-order valence-corrected chi connectivity index (χ1v) is 8.80. The molecule has 6 heteroatoms. The van der Waals surface area contributed by atoms with Crippen molar-refractivity contribution < 1.29 is 9.90 Å². The fourth-order valence-electron chi connectivity index (χ4n) is 1.99. The van der Waals surface area contributed by atoms with Gasteiger partial charge in [-0.05, 0) is 30.4 Å². The van der Waals surface area contributed by atoms with Crippen molar-refractivity contribution in [2.24, 2.45) is 0 Å². The molecule has 1 heterocycles. The molecule has 112 valence electrons. The largest absolute Gasteiger partial charge is 0.481 e. The van der Waals surface area contributed by atoms with Gasteiger partial charge in [-0.15, -0.1) is 11.8 Å². The van der Waals surface area contributed by atoms with Crippen molar-refractivity contribution in [3.8, 4) is 5.69 Å². The summed E-state index contributed by atoms with van der Waals surface area (Å²) in [5.74, 6) is -0.510. The van der Waals surface area contributed by atoms with Crippen molar-refractivity contribution in [2.45, 2.75) is 29.8 Å². The van der Waals surface area contributed by atoms with Gasteiger partial charge in [-0.3, -0.25) is 9.36 Å². The van der Waals surface area contributed by atoms with Gasteiger partial charge in [-0.1, -0.05) is 31.7 Å². The number of carboxylic acids is 1. The molecule has 0 aliphatic heterocycles. The number of aliphatic carboxylic acids is 1. The summed E-state index contributed by atoms with van der Waals surface area (Å²) in [6, 6.07) is 8.20. The fourth-order valence-corrected chi connectivity index (χ4v) is 3.16. The second-order valence-electron chi connectivity index (χ2n) is 4.84. The van der Waals surface area contributed by atoms with Crippen molar-refractivity contribution in [3.05, 3.63) is 36.2 Å². The van der Waals surface area contributed by atoms with Crippen LogP contribution in [0.2, 0.25) is 0 Å². The van der Waals surface area contributed by atoms with E-state index in [0.717, 1.165) is 16.5 Å². The lowest BCUT2D eigenvalue weighted by Crippen LogP contribution is -2.05. The average Bonchev–Trinajstić information content (AvgIpc) is 2.89. The van der Waals surface area contributed by atoms with Crippen LogP contribution in [0, 0.1) is 0 Å². The van der Waals surface area contributed by atoms with Gasteiger partial charge in [0.25, 0.3) is 0 Å². The van der Waals surface area contributed by atoms with Crippen LogP contribution in [-0.4, -0.2) is 32.6 Å². The molecule has 0 saturated heterocycles. The number of imidazole rings is 1. The number of carboxylic acid groups (broad SMARTS) is 1. The molecule has 0 bridgehead atoms. The van der Waals surface area contributed by atoms with Gasteiger partial charge in [0.05, 0.1) is 11.9 Å². The van der Waals surface area contributed by atoms with Crippen LogP contribution in [0.25, 0.3) is 5.69 Å². The SMILES string of the molecule is CSc1cccc(-n2c(C(C)C)cnc2SCC(=O)O)c1. The monoisotopic (exact) mass is 322 g/mol. The molecule has 21 heavy (non-hydrogen) atoms. The van der Waals surface area contributed by atoms with Gasteiger partial charge in [0, 0.05) is 16.3 Å². The van der Waals surface area contributed by atoms with E-state index in [1.54, 1.807) is 11.8 Å². The van der Waals surface area contributed by atoms with Crippen molar-refractivity contribution in [3.63, 3.8) is 0 Å². The fraction of sp³-hybridized carbons (Fsp3) is 0.333. The molecule has 0 fully saturated rings. The lowest BCUT2D eigenvalue weighted by molar-refractivity contribution is -0.133. The maximum Gasteiger partial charge on any atom is 0.313 e. The molecule has 0 spiro atoms. The Balaban J connectivity index is 2.47. The van der Waals surface area contributed by atoms with E-state index in [1.807, 2.05) is 24.6 Å². The highest BCUT2D eigenvalue weighted by Crippen LogP contribution is 2.29. The van der Waals surface area contributed by atoms with E-state index in [1.165, 1.54) is 16.7 Å². The molecule has 0 amide bonds. The molecule has 2 rings (SSSR count). The molecule has 0 aliphatic carbocycles. The maximum absolute atomic E-state index is 10.8. The summed E-state index contributed by atoms with van der Waals surface area (Å²) >= 11 is 2.93. The summed E-state index contributed by atoms with van der Waals surface area (Å²) in [6.45, 7) is 4.22. The molecular formula is C15H18N2O2S2.